The van der Waals surface area contributed by atoms with Gasteiger partial charge in [-0.25, -0.2) is 0 Å². The fourth-order valence-electron chi connectivity index (χ4n) is 3.60. The highest BCUT2D eigenvalue weighted by Gasteiger charge is 2.46. The Morgan fingerprint density at radius 1 is 1.30 bits per heavy atom. The molecule has 1 N–H and O–H groups in total. The van der Waals surface area contributed by atoms with Crippen molar-refractivity contribution in [3.05, 3.63) is 33.8 Å². The number of rotatable bonds is 2. The molecule has 2 saturated heterocycles. The van der Waals surface area contributed by atoms with Crippen molar-refractivity contribution in [1.82, 2.24) is 5.32 Å². The third kappa shape index (κ3) is 2.43. The monoisotopic (exact) mass is 313 g/mol. The second kappa shape index (κ2) is 5.55. The van der Waals surface area contributed by atoms with Crippen molar-refractivity contribution >= 4 is 29.2 Å². The molecule has 0 aromatic heterocycles. The minimum Gasteiger partial charge on any atom is -0.469 e. The van der Waals surface area contributed by atoms with E-state index in [0.717, 1.165) is 24.8 Å². The zero-order valence-electron chi connectivity index (χ0n) is 11.2. The van der Waals surface area contributed by atoms with E-state index in [4.69, 9.17) is 27.9 Å². The summed E-state index contributed by atoms with van der Waals surface area (Å²) in [6.45, 7) is 0. The minimum atomic E-state index is -0.143. The molecule has 1 aromatic carbocycles. The summed E-state index contributed by atoms with van der Waals surface area (Å²) >= 11 is 12.1. The van der Waals surface area contributed by atoms with Gasteiger partial charge in [0, 0.05) is 18.0 Å². The molecule has 0 aliphatic carbocycles. The van der Waals surface area contributed by atoms with Gasteiger partial charge in [-0.15, -0.1) is 0 Å². The number of methoxy groups -OCH3 is 1. The number of benzene rings is 1. The SMILES string of the molecule is COC(=O)[C@H]1[C@@H](c2ccc(Cl)c(Cl)c2)CC2CC[C@H]1N2. The zero-order valence-corrected chi connectivity index (χ0v) is 12.7. The largest absolute Gasteiger partial charge is 0.469 e. The Morgan fingerprint density at radius 3 is 2.80 bits per heavy atom. The van der Waals surface area contributed by atoms with Crippen LogP contribution >= 0.6 is 23.2 Å². The van der Waals surface area contributed by atoms with Crippen molar-refractivity contribution in [2.24, 2.45) is 5.92 Å². The molecule has 0 saturated carbocycles. The summed E-state index contributed by atoms with van der Waals surface area (Å²) < 4.78 is 5.01. The van der Waals surface area contributed by atoms with Crippen LogP contribution in [0.3, 0.4) is 0 Å². The van der Waals surface area contributed by atoms with E-state index >= 15 is 0 Å². The molecule has 0 spiro atoms. The average molecular weight is 314 g/mol. The molecule has 3 nitrogen and oxygen atoms in total. The van der Waals surface area contributed by atoms with Gasteiger partial charge in [0.05, 0.1) is 23.1 Å². The summed E-state index contributed by atoms with van der Waals surface area (Å²) in [6.07, 6.45) is 3.09. The van der Waals surface area contributed by atoms with E-state index in [1.165, 1.54) is 7.11 Å². The predicted octanol–water partition coefficient (Wildman–Crippen LogP) is 3.39. The number of nitrogens with one attached hydrogen (secondary N) is 1. The lowest BCUT2D eigenvalue weighted by Crippen LogP contribution is -2.48. The first-order valence-electron chi connectivity index (χ1n) is 6.89. The molecule has 20 heavy (non-hydrogen) atoms. The zero-order chi connectivity index (χ0) is 14.3. The third-order valence-corrected chi connectivity index (χ3v) is 5.27. The van der Waals surface area contributed by atoms with Crippen molar-refractivity contribution in [2.75, 3.05) is 7.11 Å². The van der Waals surface area contributed by atoms with Gasteiger partial charge in [-0.05, 0) is 37.0 Å². The first-order chi connectivity index (χ1) is 9.60. The van der Waals surface area contributed by atoms with Crippen LogP contribution in [0, 0.1) is 5.92 Å². The number of esters is 1. The predicted molar refractivity (Wildman–Crippen MR) is 79.3 cm³/mol. The first kappa shape index (κ1) is 14.2. The number of carbonyl (C=O) groups is 1. The number of hydrogen-bond donors (Lipinski definition) is 1. The molecule has 1 unspecified atom stereocenters. The highest BCUT2D eigenvalue weighted by atomic mass is 35.5. The molecular weight excluding hydrogens is 297 g/mol. The van der Waals surface area contributed by atoms with Crippen molar-refractivity contribution in [1.29, 1.82) is 0 Å². The lowest BCUT2D eigenvalue weighted by molar-refractivity contribution is -0.148. The van der Waals surface area contributed by atoms with Gasteiger partial charge >= 0.3 is 5.97 Å². The molecule has 2 aliphatic rings. The molecular formula is C15H17Cl2NO2. The summed E-state index contributed by atoms with van der Waals surface area (Å²) in [6, 6.07) is 6.35. The average Bonchev–Trinajstić information content (AvgIpc) is 2.82. The van der Waals surface area contributed by atoms with Crippen LogP contribution in [0.15, 0.2) is 18.2 Å². The van der Waals surface area contributed by atoms with Crippen LogP contribution in [0.1, 0.15) is 30.7 Å². The van der Waals surface area contributed by atoms with Gasteiger partial charge in [0.15, 0.2) is 0 Å². The Hall–Kier alpha value is -0.770. The van der Waals surface area contributed by atoms with Gasteiger partial charge in [0.2, 0.25) is 0 Å². The van der Waals surface area contributed by atoms with Gasteiger partial charge in [-0.2, -0.15) is 0 Å². The van der Waals surface area contributed by atoms with Gasteiger partial charge in [-0.1, -0.05) is 29.3 Å². The summed E-state index contributed by atoms with van der Waals surface area (Å²) in [5, 5.41) is 4.61. The summed E-state index contributed by atoms with van der Waals surface area (Å²) in [5.41, 5.74) is 1.08. The highest BCUT2D eigenvalue weighted by molar-refractivity contribution is 6.42. The molecule has 5 heteroatoms. The van der Waals surface area contributed by atoms with Crippen LogP contribution in [0.2, 0.25) is 10.0 Å². The number of piperidine rings is 1. The van der Waals surface area contributed by atoms with Crippen LogP contribution in [-0.2, 0) is 9.53 Å². The quantitative estimate of drug-likeness (QED) is 0.851. The Bertz CT molecular complexity index is 535. The molecule has 2 aliphatic heterocycles. The lowest BCUT2D eigenvalue weighted by atomic mass is 9.77. The molecule has 0 radical (unpaired) electrons. The Labute approximate surface area is 128 Å². The molecule has 2 fully saturated rings. The number of halogens is 2. The van der Waals surface area contributed by atoms with Crippen molar-refractivity contribution in [3.8, 4) is 0 Å². The lowest BCUT2D eigenvalue weighted by Gasteiger charge is -2.36. The van der Waals surface area contributed by atoms with Crippen LogP contribution in [0.25, 0.3) is 0 Å². The maximum Gasteiger partial charge on any atom is 0.310 e. The summed E-state index contributed by atoms with van der Waals surface area (Å²) in [7, 11) is 1.45. The highest BCUT2D eigenvalue weighted by Crippen LogP contribution is 2.43. The number of fused-ring (bicyclic) bond motifs is 2. The number of hydrogen-bond acceptors (Lipinski definition) is 3. The van der Waals surface area contributed by atoms with E-state index in [-0.39, 0.29) is 23.8 Å². The van der Waals surface area contributed by atoms with Gasteiger partial charge in [0.1, 0.15) is 0 Å². The fourth-order valence-corrected chi connectivity index (χ4v) is 3.91. The van der Waals surface area contributed by atoms with E-state index in [2.05, 4.69) is 5.32 Å². The van der Waals surface area contributed by atoms with E-state index in [1.807, 2.05) is 12.1 Å². The van der Waals surface area contributed by atoms with Gasteiger partial charge in [0.25, 0.3) is 0 Å². The van der Waals surface area contributed by atoms with Crippen LogP contribution < -0.4 is 5.32 Å². The Kier molecular flexibility index (Phi) is 3.93. The van der Waals surface area contributed by atoms with E-state index < -0.39 is 0 Å². The van der Waals surface area contributed by atoms with E-state index in [0.29, 0.717) is 16.1 Å². The summed E-state index contributed by atoms with van der Waals surface area (Å²) in [5.74, 6) is -0.133. The van der Waals surface area contributed by atoms with Crippen molar-refractivity contribution < 1.29 is 9.53 Å². The topological polar surface area (TPSA) is 38.3 Å². The van der Waals surface area contributed by atoms with Gasteiger partial charge in [-0.3, -0.25) is 4.79 Å². The smallest absolute Gasteiger partial charge is 0.310 e. The van der Waals surface area contributed by atoms with Crippen LogP contribution in [-0.4, -0.2) is 25.2 Å². The van der Waals surface area contributed by atoms with Crippen LogP contribution in [0.4, 0.5) is 0 Å². The fraction of sp³-hybridized carbons (Fsp3) is 0.533. The standard InChI is InChI=1S/C15H17Cl2NO2/c1-20-15(19)14-10(7-9-3-5-13(14)18-9)8-2-4-11(16)12(17)6-8/h2,4,6,9-10,13-14,18H,3,5,7H2,1H3/t9?,10-,13-,14+/m1/s1. The maximum atomic E-state index is 12.2. The Balaban J connectivity index is 1.96. The molecule has 0 amide bonds. The molecule has 4 atom stereocenters. The van der Waals surface area contributed by atoms with Crippen molar-refractivity contribution in [3.63, 3.8) is 0 Å². The molecule has 1 aromatic rings. The normalized spacial score (nSPS) is 32.1. The molecule has 2 heterocycles. The number of ether oxygens (including phenoxy) is 1. The number of carbonyl (C=O) groups excluding carboxylic acids is 1. The molecule has 3 rings (SSSR count). The maximum absolute atomic E-state index is 12.2. The minimum absolute atomic E-state index is 0.140. The van der Waals surface area contributed by atoms with E-state index in [1.54, 1.807) is 6.07 Å². The summed E-state index contributed by atoms with van der Waals surface area (Å²) in [4.78, 5) is 12.2. The Morgan fingerprint density at radius 2 is 2.10 bits per heavy atom. The van der Waals surface area contributed by atoms with Crippen LogP contribution in [0.5, 0.6) is 0 Å². The second-order valence-electron chi connectivity index (χ2n) is 5.61. The molecule has 2 bridgehead atoms. The van der Waals surface area contributed by atoms with Gasteiger partial charge < -0.3 is 10.1 Å². The second-order valence-corrected chi connectivity index (χ2v) is 6.43. The molecule has 108 valence electrons. The third-order valence-electron chi connectivity index (χ3n) is 4.53. The first-order valence-corrected chi connectivity index (χ1v) is 7.64. The van der Waals surface area contributed by atoms with E-state index in [9.17, 15) is 4.79 Å². The van der Waals surface area contributed by atoms with Crippen molar-refractivity contribution in [2.45, 2.75) is 37.3 Å².